The maximum atomic E-state index is 5.41. The van der Waals surface area contributed by atoms with Crippen LogP contribution in [0.3, 0.4) is 0 Å². The summed E-state index contributed by atoms with van der Waals surface area (Å²) in [5, 5.41) is 3.84. The van der Waals surface area contributed by atoms with Crippen molar-refractivity contribution in [1.82, 2.24) is 25.0 Å². The minimum atomic E-state index is 0.677. The van der Waals surface area contributed by atoms with Crippen LogP contribution in [0.2, 0.25) is 0 Å². The number of nitrogens with zero attached hydrogens (tertiary/aromatic N) is 7. The van der Waals surface area contributed by atoms with Gasteiger partial charge in [0.25, 0.3) is 0 Å². The van der Waals surface area contributed by atoms with E-state index in [1.165, 1.54) is 0 Å². The van der Waals surface area contributed by atoms with Crippen molar-refractivity contribution in [3.05, 3.63) is 24.0 Å². The molecule has 0 aliphatic carbocycles. The molecule has 0 atom stereocenters. The molecule has 0 saturated carbocycles. The molecule has 2 aliphatic rings. The predicted molar refractivity (Wildman–Crippen MR) is 91.6 cm³/mol. The highest BCUT2D eigenvalue weighted by atomic mass is 16.5. The Labute approximate surface area is 146 Å². The van der Waals surface area contributed by atoms with Gasteiger partial charge in [0, 0.05) is 45.5 Å². The molecular formula is C16H23N7O2. The van der Waals surface area contributed by atoms with Gasteiger partial charge in [0.15, 0.2) is 5.82 Å². The number of piperazine rings is 1. The first-order valence-corrected chi connectivity index (χ1v) is 8.70. The molecule has 2 aliphatic heterocycles. The summed E-state index contributed by atoms with van der Waals surface area (Å²) < 4.78 is 10.6. The van der Waals surface area contributed by atoms with Gasteiger partial charge in [0.1, 0.15) is 5.82 Å². The zero-order valence-corrected chi connectivity index (χ0v) is 14.5. The Hall–Kier alpha value is -2.26. The Kier molecular flexibility index (Phi) is 4.75. The predicted octanol–water partition coefficient (Wildman–Crippen LogP) is 0.327. The molecule has 9 heteroatoms. The van der Waals surface area contributed by atoms with E-state index in [9.17, 15) is 0 Å². The third-order valence-electron chi connectivity index (χ3n) is 4.55. The molecule has 9 nitrogen and oxygen atoms in total. The van der Waals surface area contributed by atoms with Gasteiger partial charge in [-0.25, -0.2) is 4.98 Å². The summed E-state index contributed by atoms with van der Waals surface area (Å²) in [4.78, 5) is 20.3. The average molecular weight is 345 g/mol. The lowest BCUT2D eigenvalue weighted by Gasteiger charge is -2.34. The summed E-state index contributed by atoms with van der Waals surface area (Å²) in [5.41, 5.74) is 0. The van der Waals surface area contributed by atoms with Crippen molar-refractivity contribution < 1.29 is 9.26 Å². The van der Waals surface area contributed by atoms with E-state index in [1.54, 1.807) is 0 Å². The fraction of sp³-hybridized carbons (Fsp3) is 0.625. The molecule has 0 N–H and O–H groups in total. The molecule has 0 amide bonds. The largest absolute Gasteiger partial charge is 0.378 e. The van der Waals surface area contributed by atoms with Crippen molar-refractivity contribution in [2.75, 3.05) is 62.3 Å². The Bertz CT molecular complexity index is 693. The molecular weight excluding hydrogens is 322 g/mol. The maximum absolute atomic E-state index is 5.41. The van der Waals surface area contributed by atoms with Gasteiger partial charge in [-0.1, -0.05) is 5.16 Å². The van der Waals surface area contributed by atoms with Gasteiger partial charge in [-0.05, 0) is 13.0 Å². The van der Waals surface area contributed by atoms with E-state index in [2.05, 4.69) is 29.8 Å². The third kappa shape index (κ3) is 3.88. The number of hydrogen-bond acceptors (Lipinski definition) is 9. The van der Waals surface area contributed by atoms with E-state index in [4.69, 9.17) is 14.2 Å². The van der Waals surface area contributed by atoms with Crippen LogP contribution in [0, 0.1) is 6.92 Å². The van der Waals surface area contributed by atoms with E-state index in [-0.39, 0.29) is 0 Å². The fourth-order valence-electron chi connectivity index (χ4n) is 3.16. The van der Waals surface area contributed by atoms with E-state index < -0.39 is 0 Å². The molecule has 134 valence electrons. The third-order valence-corrected chi connectivity index (χ3v) is 4.55. The minimum Gasteiger partial charge on any atom is -0.378 e. The monoisotopic (exact) mass is 345 g/mol. The summed E-state index contributed by atoms with van der Waals surface area (Å²) in [6.45, 7) is 9.44. The van der Waals surface area contributed by atoms with Crippen molar-refractivity contribution in [1.29, 1.82) is 0 Å². The highest BCUT2D eigenvalue weighted by Crippen LogP contribution is 2.18. The molecule has 0 aromatic carbocycles. The Morgan fingerprint density at radius 3 is 2.52 bits per heavy atom. The van der Waals surface area contributed by atoms with Gasteiger partial charge < -0.3 is 19.1 Å². The van der Waals surface area contributed by atoms with Gasteiger partial charge in [-0.15, -0.1) is 0 Å². The highest BCUT2D eigenvalue weighted by Gasteiger charge is 2.21. The first-order valence-electron chi connectivity index (χ1n) is 8.70. The SMILES string of the molecule is Cc1noc(CN2CCN(c3nccc(N4CCOCC4)n3)CC2)n1. The van der Waals surface area contributed by atoms with Crippen molar-refractivity contribution >= 4 is 11.8 Å². The molecule has 0 unspecified atom stereocenters. The molecule has 25 heavy (non-hydrogen) atoms. The molecule has 2 aromatic heterocycles. The van der Waals surface area contributed by atoms with Crippen LogP contribution in [0.5, 0.6) is 0 Å². The number of anilines is 2. The molecule has 0 bridgehead atoms. The molecule has 2 aromatic rings. The van der Waals surface area contributed by atoms with Crippen LogP contribution in [-0.4, -0.2) is 77.5 Å². The first-order chi connectivity index (χ1) is 12.3. The lowest BCUT2D eigenvalue weighted by molar-refractivity contribution is 0.122. The second-order valence-electron chi connectivity index (χ2n) is 6.31. The zero-order chi connectivity index (χ0) is 17.1. The maximum Gasteiger partial charge on any atom is 0.240 e. The van der Waals surface area contributed by atoms with E-state index in [0.717, 1.165) is 64.2 Å². The number of aryl methyl sites for hydroxylation is 1. The molecule has 0 spiro atoms. The lowest BCUT2D eigenvalue weighted by atomic mass is 10.3. The number of ether oxygens (including phenoxy) is 1. The van der Waals surface area contributed by atoms with E-state index in [1.807, 2.05) is 19.2 Å². The Morgan fingerprint density at radius 2 is 1.80 bits per heavy atom. The van der Waals surface area contributed by atoms with Crippen LogP contribution in [0.4, 0.5) is 11.8 Å². The lowest BCUT2D eigenvalue weighted by Crippen LogP contribution is -2.46. The second kappa shape index (κ2) is 7.32. The van der Waals surface area contributed by atoms with Gasteiger partial charge in [-0.3, -0.25) is 4.90 Å². The van der Waals surface area contributed by atoms with E-state index >= 15 is 0 Å². The topological polar surface area (TPSA) is 83.7 Å². The van der Waals surface area contributed by atoms with Crippen LogP contribution in [0.25, 0.3) is 0 Å². The number of rotatable bonds is 4. The standard InChI is InChI=1S/C16H23N7O2/c1-13-18-15(25-20-13)12-21-4-6-23(7-5-21)16-17-3-2-14(19-16)22-8-10-24-11-9-22/h2-3H,4-12H2,1H3. The summed E-state index contributed by atoms with van der Waals surface area (Å²) in [5.74, 6) is 3.15. The van der Waals surface area contributed by atoms with Crippen LogP contribution in [-0.2, 0) is 11.3 Å². The molecule has 0 radical (unpaired) electrons. The van der Waals surface area contributed by atoms with Crippen LogP contribution >= 0.6 is 0 Å². The highest BCUT2D eigenvalue weighted by molar-refractivity contribution is 5.44. The molecule has 2 fully saturated rings. The Morgan fingerprint density at radius 1 is 1.00 bits per heavy atom. The summed E-state index contributed by atoms with van der Waals surface area (Å²) in [7, 11) is 0. The fourth-order valence-corrected chi connectivity index (χ4v) is 3.16. The second-order valence-corrected chi connectivity index (χ2v) is 6.31. The first kappa shape index (κ1) is 16.2. The van der Waals surface area contributed by atoms with Crippen molar-refractivity contribution in [2.45, 2.75) is 13.5 Å². The number of aromatic nitrogens is 4. The van der Waals surface area contributed by atoms with Crippen LogP contribution in [0.15, 0.2) is 16.8 Å². The van der Waals surface area contributed by atoms with Crippen molar-refractivity contribution in [3.63, 3.8) is 0 Å². The van der Waals surface area contributed by atoms with Crippen molar-refractivity contribution in [2.24, 2.45) is 0 Å². The normalized spacial score (nSPS) is 19.4. The smallest absolute Gasteiger partial charge is 0.240 e. The summed E-state index contributed by atoms with van der Waals surface area (Å²) in [6.07, 6.45) is 1.85. The van der Waals surface area contributed by atoms with Gasteiger partial charge in [0.2, 0.25) is 11.8 Å². The Balaban J connectivity index is 1.35. The van der Waals surface area contributed by atoms with E-state index in [0.29, 0.717) is 18.3 Å². The summed E-state index contributed by atoms with van der Waals surface area (Å²) >= 11 is 0. The summed E-state index contributed by atoms with van der Waals surface area (Å²) in [6, 6.07) is 1.98. The van der Waals surface area contributed by atoms with Gasteiger partial charge in [-0.2, -0.15) is 9.97 Å². The van der Waals surface area contributed by atoms with Crippen LogP contribution < -0.4 is 9.80 Å². The molecule has 4 heterocycles. The number of morpholine rings is 1. The van der Waals surface area contributed by atoms with Crippen LogP contribution in [0.1, 0.15) is 11.7 Å². The average Bonchev–Trinajstić information content (AvgIpc) is 3.08. The van der Waals surface area contributed by atoms with Crippen molar-refractivity contribution in [3.8, 4) is 0 Å². The zero-order valence-electron chi connectivity index (χ0n) is 14.5. The molecule has 4 rings (SSSR count). The quantitative estimate of drug-likeness (QED) is 0.778. The number of hydrogen-bond donors (Lipinski definition) is 0. The van der Waals surface area contributed by atoms with Gasteiger partial charge in [0.05, 0.1) is 19.8 Å². The minimum absolute atomic E-state index is 0.677. The van der Waals surface area contributed by atoms with Gasteiger partial charge >= 0.3 is 0 Å². The molecule has 2 saturated heterocycles.